The largest absolute Gasteiger partial charge is 0.508 e. The molecule has 1 aromatic heterocycles. The molecule has 222 valence electrons. The predicted octanol–water partition coefficient (Wildman–Crippen LogP) is 4.43. The minimum Gasteiger partial charge on any atom is -0.508 e. The van der Waals surface area contributed by atoms with Gasteiger partial charge in [0.15, 0.2) is 0 Å². The molecule has 2 fully saturated rings. The van der Waals surface area contributed by atoms with Crippen molar-refractivity contribution in [2.45, 2.75) is 44.6 Å². The molecule has 0 radical (unpaired) electrons. The van der Waals surface area contributed by atoms with Crippen LogP contribution in [0.1, 0.15) is 37.2 Å². The summed E-state index contributed by atoms with van der Waals surface area (Å²) >= 11 is 0. The van der Waals surface area contributed by atoms with E-state index in [4.69, 9.17) is 9.72 Å². The van der Waals surface area contributed by atoms with E-state index in [0.29, 0.717) is 50.5 Å². The molecule has 4 unspecified atom stereocenters. The number of ether oxygens (including phenoxy) is 1. The Balaban J connectivity index is 1.64. The van der Waals surface area contributed by atoms with Crippen molar-refractivity contribution in [2.24, 2.45) is 11.8 Å². The molecule has 0 saturated carbocycles. The number of nitrogens with one attached hydrogen (secondary N) is 1. The number of alkyl halides is 1. The second-order valence-corrected chi connectivity index (χ2v) is 11.2. The van der Waals surface area contributed by atoms with Gasteiger partial charge in [-0.1, -0.05) is 0 Å². The summed E-state index contributed by atoms with van der Waals surface area (Å²) in [6.45, 7) is 4.13. The molecule has 41 heavy (non-hydrogen) atoms. The van der Waals surface area contributed by atoms with Gasteiger partial charge < -0.3 is 24.8 Å². The number of nitrogens with zero attached hydrogens (tertiary/aromatic N) is 3. The summed E-state index contributed by atoms with van der Waals surface area (Å²) in [5.41, 5.74) is 0.616. The summed E-state index contributed by atoms with van der Waals surface area (Å²) in [7, 11) is 0. The molecule has 3 aromatic rings. The molecule has 5 rings (SSSR count). The van der Waals surface area contributed by atoms with Crippen molar-refractivity contribution in [1.82, 2.24) is 19.8 Å². The molecule has 2 saturated heterocycles. The number of aliphatic hydroxyl groups is 1. The van der Waals surface area contributed by atoms with Crippen LogP contribution in [0.5, 0.6) is 5.75 Å². The van der Waals surface area contributed by atoms with Crippen LogP contribution in [0, 0.1) is 29.3 Å². The van der Waals surface area contributed by atoms with Gasteiger partial charge in [0.2, 0.25) is 0 Å². The Bertz CT molecular complexity index is 1310. The summed E-state index contributed by atoms with van der Waals surface area (Å²) in [5.74, 6) is -1.92. The molecule has 0 bridgehead atoms. The van der Waals surface area contributed by atoms with Crippen LogP contribution in [0.25, 0.3) is 11.3 Å². The van der Waals surface area contributed by atoms with E-state index in [0.717, 1.165) is 24.3 Å². The molecule has 11 heteroatoms. The Morgan fingerprint density at radius 1 is 1.10 bits per heavy atom. The van der Waals surface area contributed by atoms with Crippen molar-refractivity contribution >= 4 is 0 Å². The van der Waals surface area contributed by atoms with Crippen LogP contribution < -0.4 is 5.32 Å². The fraction of sp³-hybridized carbons (Fsp3) is 0.500. The summed E-state index contributed by atoms with van der Waals surface area (Å²) < 4.78 is 65.5. The van der Waals surface area contributed by atoms with Crippen LogP contribution in [0.15, 0.2) is 42.6 Å². The van der Waals surface area contributed by atoms with E-state index in [-0.39, 0.29) is 48.5 Å². The van der Waals surface area contributed by atoms with Crippen LogP contribution >= 0.6 is 0 Å². The molecule has 4 atom stereocenters. The molecule has 0 amide bonds. The quantitative estimate of drug-likeness (QED) is 0.310. The molecular weight excluding hydrogens is 540 g/mol. The fourth-order valence-corrected chi connectivity index (χ4v) is 6.06. The number of hydrogen-bond donors (Lipinski definition) is 3. The Morgan fingerprint density at radius 2 is 1.88 bits per heavy atom. The van der Waals surface area contributed by atoms with Gasteiger partial charge in [0.1, 0.15) is 35.2 Å². The topological polar surface area (TPSA) is 82.8 Å². The van der Waals surface area contributed by atoms with Crippen LogP contribution in [-0.2, 0) is 11.3 Å². The zero-order valence-corrected chi connectivity index (χ0v) is 22.9. The predicted molar refractivity (Wildman–Crippen MR) is 146 cm³/mol. The first-order valence-electron chi connectivity index (χ1n) is 14.0. The molecule has 7 nitrogen and oxygen atoms in total. The van der Waals surface area contributed by atoms with E-state index in [1.165, 1.54) is 12.1 Å². The minimum atomic E-state index is -1.05. The van der Waals surface area contributed by atoms with Gasteiger partial charge in [0.05, 0.1) is 17.8 Å². The second-order valence-electron chi connectivity index (χ2n) is 11.2. The average Bonchev–Trinajstić information content (AvgIpc) is 3.51. The highest BCUT2D eigenvalue weighted by Gasteiger charge is 2.38. The lowest BCUT2D eigenvalue weighted by molar-refractivity contribution is 0.000194. The first-order valence-corrected chi connectivity index (χ1v) is 14.0. The molecule has 0 spiro atoms. The Morgan fingerprint density at radius 3 is 2.56 bits per heavy atom. The molecule has 3 N–H and O–H groups in total. The van der Waals surface area contributed by atoms with Crippen molar-refractivity contribution in [1.29, 1.82) is 0 Å². The maximum atomic E-state index is 14.9. The summed E-state index contributed by atoms with van der Waals surface area (Å²) in [4.78, 5) is 6.89. The van der Waals surface area contributed by atoms with Gasteiger partial charge in [-0.05, 0) is 61.6 Å². The van der Waals surface area contributed by atoms with Crippen LogP contribution in [-0.4, -0.2) is 76.3 Å². The maximum Gasteiger partial charge on any atom is 0.132 e. The third kappa shape index (κ3) is 7.09. The van der Waals surface area contributed by atoms with Crippen molar-refractivity contribution in [3.63, 3.8) is 0 Å². The third-order valence-electron chi connectivity index (χ3n) is 7.90. The standard InChI is InChI=1S/C30H36F4N4O3/c1-18(39)14-37(16-21-12-35-13-27(21)34)29(20-4-6-41-7-5-20)30-36-28(25-11-22(31)2-3-26(25)33)17-38(30)15-19-8-23(32)10-24(40)9-19/h2-3,8-11,17-18,20-21,27,29,35,39-40H,4-7,12-16H2,1H3. The summed E-state index contributed by atoms with van der Waals surface area (Å²) in [5, 5.41) is 23.6. The minimum absolute atomic E-state index is 0.00203. The molecule has 2 aliphatic heterocycles. The number of halogens is 4. The molecular formula is C30H36F4N4O3. The zero-order chi connectivity index (χ0) is 29.1. The van der Waals surface area contributed by atoms with Crippen molar-refractivity contribution in [3.8, 4) is 17.0 Å². The first kappa shape index (κ1) is 29.5. The lowest BCUT2D eigenvalue weighted by Gasteiger charge is -2.40. The lowest BCUT2D eigenvalue weighted by Crippen LogP contribution is -2.44. The number of phenolic OH excluding ortho intramolecular Hbond substituents is 1. The van der Waals surface area contributed by atoms with Gasteiger partial charge in [-0.2, -0.15) is 0 Å². The average molecular weight is 577 g/mol. The number of rotatable bonds is 10. The third-order valence-corrected chi connectivity index (χ3v) is 7.90. The Kier molecular flexibility index (Phi) is 9.28. The Hall–Kier alpha value is -2.99. The number of aromatic hydroxyl groups is 1. The number of benzene rings is 2. The van der Waals surface area contributed by atoms with Gasteiger partial charge in [-0.15, -0.1) is 0 Å². The van der Waals surface area contributed by atoms with Crippen LogP contribution in [0.3, 0.4) is 0 Å². The second kappa shape index (κ2) is 12.9. The number of hydrogen-bond acceptors (Lipinski definition) is 6. The van der Waals surface area contributed by atoms with Crippen molar-refractivity contribution in [2.75, 3.05) is 39.4 Å². The molecule has 3 heterocycles. The maximum absolute atomic E-state index is 14.9. The van der Waals surface area contributed by atoms with Gasteiger partial charge in [0.25, 0.3) is 0 Å². The number of aromatic nitrogens is 2. The number of imidazole rings is 1. The summed E-state index contributed by atoms with van der Waals surface area (Å²) in [6.07, 6.45) is 1.18. The molecule has 2 aliphatic rings. The van der Waals surface area contributed by atoms with E-state index in [2.05, 4.69) is 5.32 Å². The van der Waals surface area contributed by atoms with Crippen LogP contribution in [0.4, 0.5) is 17.6 Å². The van der Waals surface area contributed by atoms with E-state index in [1.54, 1.807) is 17.7 Å². The van der Waals surface area contributed by atoms with Crippen LogP contribution in [0.2, 0.25) is 0 Å². The molecule has 0 aliphatic carbocycles. The Labute approximate surface area is 236 Å². The first-order chi connectivity index (χ1) is 19.7. The van der Waals surface area contributed by atoms with E-state index in [1.807, 2.05) is 4.90 Å². The highest BCUT2D eigenvalue weighted by molar-refractivity contribution is 5.60. The number of phenols is 1. The normalized spacial score (nSPS) is 21.4. The zero-order valence-electron chi connectivity index (χ0n) is 22.9. The SMILES string of the molecule is CC(O)CN(CC1CNCC1F)C(c1nc(-c2cc(F)ccc2F)cn1Cc1cc(O)cc(F)c1)C1CCOCC1. The highest BCUT2D eigenvalue weighted by atomic mass is 19.1. The van der Waals surface area contributed by atoms with Gasteiger partial charge in [-0.25, -0.2) is 22.5 Å². The monoisotopic (exact) mass is 576 g/mol. The number of aliphatic hydroxyl groups excluding tert-OH is 1. The van der Waals surface area contributed by atoms with E-state index >= 15 is 0 Å². The highest BCUT2D eigenvalue weighted by Crippen LogP contribution is 2.38. The lowest BCUT2D eigenvalue weighted by atomic mass is 9.88. The fourth-order valence-electron chi connectivity index (χ4n) is 6.06. The van der Waals surface area contributed by atoms with Gasteiger partial charge >= 0.3 is 0 Å². The summed E-state index contributed by atoms with van der Waals surface area (Å²) in [6, 6.07) is 6.45. The van der Waals surface area contributed by atoms with Crippen molar-refractivity contribution in [3.05, 3.63) is 71.4 Å². The van der Waals surface area contributed by atoms with E-state index in [9.17, 15) is 27.8 Å². The van der Waals surface area contributed by atoms with Gasteiger partial charge in [-0.3, -0.25) is 4.90 Å². The van der Waals surface area contributed by atoms with Gasteiger partial charge in [0, 0.05) is 69.7 Å². The smallest absolute Gasteiger partial charge is 0.132 e. The van der Waals surface area contributed by atoms with Crippen molar-refractivity contribution < 1.29 is 32.5 Å². The molecule has 2 aromatic carbocycles. The van der Waals surface area contributed by atoms with E-state index < -0.39 is 35.8 Å².